The molecular weight excluding hydrogens is 386 g/mol. The van der Waals surface area contributed by atoms with Gasteiger partial charge in [0, 0.05) is 18.7 Å². The number of hydrogen-bond acceptors (Lipinski definition) is 3. The van der Waals surface area contributed by atoms with Gasteiger partial charge in [0.1, 0.15) is 5.82 Å². The first-order valence-electron chi connectivity index (χ1n) is 9.80. The number of hydrogen-bond donors (Lipinski definition) is 2. The Morgan fingerprint density at radius 2 is 2.00 bits per heavy atom. The van der Waals surface area contributed by atoms with Gasteiger partial charge in [-0.1, -0.05) is 6.07 Å². The maximum atomic E-state index is 14.0. The Kier molecular flexibility index (Phi) is 8.70. The first-order valence-corrected chi connectivity index (χ1v) is 9.80. The van der Waals surface area contributed by atoms with Gasteiger partial charge in [-0.3, -0.25) is 4.90 Å². The van der Waals surface area contributed by atoms with Gasteiger partial charge in [0.05, 0.1) is 24.7 Å². The number of guanidine groups is 1. The third kappa shape index (κ3) is 8.28. The normalized spacial score (nSPS) is 16.5. The van der Waals surface area contributed by atoms with Crippen LogP contribution in [0.15, 0.2) is 23.2 Å². The summed E-state index contributed by atoms with van der Waals surface area (Å²) in [5.74, 6) is 0.478. The van der Waals surface area contributed by atoms with E-state index in [1.54, 1.807) is 12.1 Å². The van der Waals surface area contributed by atoms with Gasteiger partial charge in [-0.25, -0.2) is 9.38 Å². The van der Waals surface area contributed by atoms with E-state index in [9.17, 15) is 17.6 Å². The predicted octanol–water partition coefficient (Wildman–Crippen LogP) is 3.42. The van der Waals surface area contributed by atoms with E-state index in [-0.39, 0.29) is 12.1 Å². The highest BCUT2D eigenvalue weighted by Crippen LogP contribution is 2.24. The number of rotatable bonds is 7. The van der Waals surface area contributed by atoms with E-state index in [0.717, 1.165) is 19.3 Å². The van der Waals surface area contributed by atoms with E-state index in [1.807, 2.05) is 13.0 Å². The van der Waals surface area contributed by atoms with Crippen molar-refractivity contribution in [2.75, 3.05) is 32.7 Å². The molecule has 0 amide bonds. The smallest absolute Gasteiger partial charge is 0.357 e. The summed E-state index contributed by atoms with van der Waals surface area (Å²) in [6.07, 6.45) is -1.79. The molecule has 0 saturated carbocycles. The van der Waals surface area contributed by atoms with E-state index in [2.05, 4.69) is 15.6 Å². The molecule has 1 aromatic rings. The molecule has 1 aliphatic heterocycles. The van der Waals surface area contributed by atoms with Crippen molar-refractivity contribution in [1.82, 2.24) is 15.5 Å². The highest BCUT2D eigenvalue weighted by Gasteiger charge is 2.32. The third-order valence-electron chi connectivity index (χ3n) is 4.89. The van der Waals surface area contributed by atoms with Crippen molar-refractivity contribution >= 4 is 5.96 Å². The summed E-state index contributed by atoms with van der Waals surface area (Å²) in [6, 6.07) is 6.19. The second kappa shape index (κ2) is 11.0. The Labute approximate surface area is 168 Å². The second-order valence-electron chi connectivity index (χ2n) is 7.16. The molecule has 9 heteroatoms. The predicted molar refractivity (Wildman–Crippen MR) is 104 cm³/mol. The Hall–Kier alpha value is -2.34. The molecule has 1 saturated heterocycles. The highest BCUT2D eigenvalue weighted by atomic mass is 19.4. The highest BCUT2D eigenvalue weighted by molar-refractivity contribution is 5.79. The summed E-state index contributed by atoms with van der Waals surface area (Å²) >= 11 is 0. The number of nitrogens with zero attached hydrogens (tertiary/aromatic N) is 3. The average Bonchev–Trinajstić information content (AvgIpc) is 2.67. The van der Waals surface area contributed by atoms with E-state index in [4.69, 9.17) is 5.26 Å². The van der Waals surface area contributed by atoms with Gasteiger partial charge in [-0.05, 0) is 57.3 Å². The number of nitrogens with one attached hydrogen (secondary N) is 2. The van der Waals surface area contributed by atoms with Crippen LogP contribution < -0.4 is 10.6 Å². The molecule has 0 spiro atoms. The molecule has 160 valence electrons. The molecule has 2 rings (SSSR count). The summed E-state index contributed by atoms with van der Waals surface area (Å²) in [5.41, 5.74) is 0.666. The topological polar surface area (TPSA) is 63.5 Å². The number of likely N-dealkylation sites (tertiary alicyclic amines) is 1. The molecule has 29 heavy (non-hydrogen) atoms. The summed E-state index contributed by atoms with van der Waals surface area (Å²) in [4.78, 5) is 5.83. The number of benzene rings is 1. The van der Waals surface area contributed by atoms with Gasteiger partial charge in [0.2, 0.25) is 0 Å². The molecule has 0 unspecified atom stereocenters. The SMILES string of the molecule is CCNC(=NCc1ccc(C#N)cc1F)NCCC1CCN(CC(F)(F)F)CC1. The van der Waals surface area contributed by atoms with Crippen molar-refractivity contribution in [2.24, 2.45) is 10.9 Å². The van der Waals surface area contributed by atoms with Crippen LogP contribution in [0.25, 0.3) is 0 Å². The van der Waals surface area contributed by atoms with E-state index >= 15 is 0 Å². The van der Waals surface area contributed by atoms with Crippen LogP contribution in [0.3, 0.4) is 0 Å². The molecule has 1 aromatic carbocycles. The summed E-state index contributed by atoms with van der Waals surface area (Å²) in [6.45, 7) is 3.47. The lowest BCUT2D eigenvalue weighted by molar-refractivity contribution is -0.148. The molecule has 1 fully saturated rings. The fourth-order valence-corrected chi connectivity index (χ4v) is 3.33. The van der Waals surface area contributed by atoms with Crippen LogP contribution in [0, 0.1) is 23.1 Å². The molecule has 0 aromatic heterocycles. The molecule has 1 aliphatic rings. The van der Waals surface area contributed by atoms with Crippen LogP contribution in [0.1, 0.15) is 37.3 Å². The third-order valence-corrected chi connectivity index (χ3v) is 4.89. The van der Waals surface area contributed by atoms with Crippen molar-refractivity contribution in [2.45, 2.75) is 38.9 Å². The lowest BCUT2D eigenvalue weighted by Gasteiger charge is -2.32. The van der Waals surface area contributed by atoms with Crippen molar-refractivity contribution in [3.63, 3.8) is 0 Å². The first-order chi connectivity index (χ1) is 13.8. The maximum absolute atomic E-state index is 14.0. The minimum atomic E-state index is -4.14. The molecule has 2 N–H and O–H groups in total. The Morgan fingerprint density at radius 3 is 2.59 bits per heavy atom. The second-order valence-corrected chi connectivity index (χ2v) is 7.16. The Morgan fingerprint density at radius 1 is 1.28 bits per heavy atom. The zero-order valence-corrected chi connectivity index (χ0v) is 16.5. The summed E-state index contributed by atoms with van der Waals surface area (Å²) in [5, 5.41) is 15.1. The van der Waals surface area contributed by atoms with E-state index in [1.165, 1.54) is 11.0 Å². The minimum Gasteiger partial charge on any atom is -0.357 e. The van der Waals surface area contributed by atoms with Crippen LogP contribution in [0.2, 0.25) is 0 Å². The molecule has 0 atom stereocenters. The lowest BCUT2D eigenvalue weighted by atomic mass is 9.93. The number of halogens is 4. The quantitative estimate of drug-likeness (QED) is 0.409. The van der Waals surface area contributed by atoms with Crippen LogP contribution in [0.4, 0.5) is 17.6 Å². The van der Waals surface area contributed by atoms with Gasteiger partial charge < -0.3 is 10.6 Å². The molecule has 0 aliphatic carbocycles. The van der Waals surface area contributed by atoms with Gasteiger partial charge in [-0.2, -0.15) is 18.4 Å². The fraction of sp³-hybridized carbons (Fsp3) is 0.600. The van der Waals surface area contributed by atoms with Gasteiger partial charge in [-0.15, -0.1) is 0 Å². The van der Waals surface area contributed by atoms with Crippen molar-refractivity contribution in [1.29, 1.82) is 5.26 Å². The van der Waals surface area contributed by atoms with Crippen LogP contribution >= 0.6 is 0 Å². The van der Waals surface area contributed by atoms with Crippen molar-refractivity contribution in [3.8, 4) is 6.07 Å². The fourth-order valence-electron chi connectivity index (χ4n) is 3.33. The Balaban J connectivity index is 1.78. The van der Waals surface area contributed by atoms with Crippen LogP contribution in [0.5, 0.6) is 0 Å². The number of piperidine rings is 1. The maximum Gasteiger partial charge on any atom is 0.401 e. The molecule has 5 nitrogen and oxygen atoms in total. The molecular formula is C20H27F4N5. The molecule has 0 radical (unpaired) electrons. The van der Waals surface area contributed by atoms with Crippen LogP contribution in [-0.2, 0) is 6.54 Å². The lowest BCUT2D eigenvalue weighted by Crippen LogP contribution is -2.41. The average molecular weight is 413 g/mol. The number of nitriles is 1. The van der Waals surface area contributed by atoms with Crippen molar-refractivity contribution < 1.29 is 17.6 Å². The summed E-state index contributed by atoms with van der Waals surface area (Å²) < 4.78 is 51.3. The van der Waals surface area contributed by atoms with Crippen molar-refractivity contribution in [3.05, 3.63) is 35.1 Å². The zero-order valence-electron chi connectivity index (χ0n) is 16.5. The Bertz CT molecular complexity index is 719. The molecule has 0 bridgehead atoms. The number of aliphatic imine (C=N–C) groups is 1. The van der Waals surface area contributed by atoms with Gasteiger partial charge in [0.15, 0.2) is 5.96 Å². The first kappa shape index (κ1) is 22.9. The molecule has 1 heterocycles. The zero-order chi connectivity index (χ0) is 21.3. The standard InChI is InChI=1S/C20H27F4N5/c1-2-26-19(28-13-17-4-3-16(12-25)11-18(17)21)27-8-5-15-6-9-29(10-7-15)14-20(22,23)24/h3-4,11,15H,2,5-10,13-14H2,1H3,(H2,26,27,28). The van der Waals surface area contributed by atoms with Gasteiger partial charge >= 0.3 is 6.18 Å². The monoisotopic (exact) mass is 413 g/mol. The van der Waals surface area contributed by atoms with Crippen LogP contribution in [-0.4, -0.2) is 49.8 Å². The summed E-state index contributed by atoms with van der Waals surface area (Å²) in [7, 11) is 0. The van der Waals surface area contributed by atoms with E-state index < -0.39 is 18.5 Å². The minimum absolute atomic E-state index is 0.142. The largest absolute Gasteiger partial charge is 0.401 e. The number of alkyl halides is 3. The van der Waals surface area contributed by atoms with E-state index in [0.29, 0.717) is 43.6 Å². The van der Waals surface area contributed by atoms with Gasteiger partial charge in [0.25, 0.3) is 0 Å².